The summed E-state index contributed by atoms with van der Waals surface area (Å²) in [6, 6.07) is 5.94. The first-order valence-corrected chi connectivity index (χ1v) is 6.62. The van der Waals surface area contributed by atoms with E-state index in [1.54, 1.807) is 6.08 Å². The van der Waals surface area contributed by atoms with Crippen LogP contribution in [0.5, 0.6) is 0 Å². The summed E-state index contributed by atoms with van der Waals surface area (Å²) in [6.07, 6.45) is 5.29. The fourth-order valence-corrected chi connectivity index (χ4v) is 2.62. The molecule has 1 aromatic carbocycles. The van der Waals surface area contributed by atoms with Crippen LogP contribution in [0.3, 0.4) is 0 Å². The number of halogens is 1. The number of rotatable bonds is 1. The summed E-state index contributed by atoms with van der Waals surface area (Å²) in [6.45, 7) is 2.03. The minimum Gasteiger partial charge on any atom is -0.289 e. The van der Waals surface area contributed by atoms with Crippen molar-refractivity contribution in [2.24, 2.45) is 0 Å². The third kappa shape index (κ3) is 2.12. The highest BCUT2D eigenvalue weighted by atomic mass is 19.1. The molecular formula is C16H17FO. The van der Waals surface area contributed by atoms with Gasteiger partial charge in [-0.25, -0.2) is 4.39 Å². The average Bonchev–Trinajstić information content (AvgIpc) is 3.06. The van der Waals surface area contributed by atoms with Crippen molar-refractivity contribution in [3.05, 3.63) is 46.5 Å². The number of fused-ring (bicyclic) bond motifs is 1. The number of Topliss-reactive ketones (excluding diaryl/α,β-unsaturated/α-hetero) is 1. The standard InChI is InChI=1S/C16H17FO/c1-11-5-6-14-12(9-11)3-2-4-13(15(14)18)10-16(17)7-8-16/h5-6,9-10H,2-4,7-8H2,1H3/b13-10+. The lowest BCUT2D eigenvalue weighted by Crippen LogP contribution is -2.07. The summed E-state index contributed by atoms with van der Waals surface area (Å²) in [5, 5.41) is 0. The van der Waals surface area contributed by atoms with Gasteiger partial charge in [0.25, 0.3) is 0 Å². The van der Waals surface area contributed by atoms with Crippen molar-refractivity contribution in [1.29, 1.82) is 0 Å². The Bertz CT molecular complexity index is 538. The summed E-state index contributed by atoms with van der Waals surface area (Å²) < 4.78 is 13.8. The molecule has 2 heteroatoms. The van der Waals surface area contributed by atoms with Crippen molar-refractivity contribution in [3.8, 4) is 0 Å². The van der Waals surface area contributed by atoms with Crippen LogP contribution in [0, 0.1) is 6.92 Å². The summed E-state index contributed by atoms with van der Waals surface area (Å²) in [5.41, 5.74) is 2.57. The summed E-state index contributed by atoms with van der Waals surface area (Å²) >= 11 is 0. The van der Waals surface area contributed by atoms with Crippen molar-refractivity contribution >= 4 is 5.78 Å². The zero-order valence-corrected chi connectivity index (χ0v) is 10.6. The van der Waals surface area contributed by atoms with Gasteiger partial charge in [0.1, 0.15) is 5.67 Å². The van der Waals surface area contributed by atoms with E-state index in [0.717, 1.165) is 24.0 Å². The molecule has 0 amide bonds. The first kappa shape index (κ1) is 11.6. The van der Waals surface area contributed by atoms with Crippen LogP contribution in [0.15, 0.2) is 29.8 Å². The van der Waals surface area contributed by atoms with Gasteiger partial charge in [-0.3, -0.25) is 4.79 Å². The Hall–Kier alpha value is -1.44. The molecule has 0 radical (unpaired) electrons. The lowest BCUT2D eigenvalue weighted by molar-refractivity contribution is 0.103. The van der Waals surface area contributed by atoms with Crippen LogP contribution in [-0.4, -0.2) is 11.5 Å². The molecule has 1 aromatic rings. The van der Waals surface area contributed by atoms with Crippen molar-refractivity contribution in [3.63, 3.8) is 0 Å². The normalized spacial score (nSPS) is 23.7. The largest absolute Gasteiger partial charge is 0.289 e. The highest BCUT2D eigenvalue weighted by molar-refractivity contribution is 6.10. The molecule has 0 unspecified atom stereocenters. The van der Waals surface area contributed by atoms with Crippen LogP contribution >= 0.6 is 0 Å². The highest BCUT2D eigenvalue weighted by Crippen LogP contribution is 2.43. The summed E-state index contributed by atoms with van der Waals surface area (Å²) in [7, 11) is 0. The van der Waals surface area contributed by atoms with Crippen LogP contribution in [0.2, 0.25) is 0 Å². The molecule has 0 N–H and O–H groups in total. The molecule has 3 rings (SSSR count). The van der Waals surface area contributed by atoms with E-state index in [2.05, 4.69) is 6.07 Å². The number of allylic oxidation sites excluding steroid dienone is 2. The molecule has 1 saturated carbocycles. The Kier molecular flexibility index (Phi) is 2.61. The SMILES string of the molecule is Cc1ccc2c(c1)CCC/C(=C\C1(F)CC1)C2=O. The topological polar surface area (TPSA) is 17.1 Å². The summed E-state index contributed by atoms with van der Waals surface area (Å²) in [5.74, 6) is 0.0337. The predicted octanol–water partition coefficient (Wildman–Crippen LogP) is 3.94. The van der Waals surface area contributed by atoms with Gasteiger partial charge in [0.15, 0.2) is 5.78 Å². The van der Waals surface area contributed by atoms with E-state index in [1.165, 1.54) is 5.56 Å². The molecule has 2 aliphatic rings. The Morgan fingerprint density at radius 2 is 2.06 bits per heavy atom. The predicted molar refractivity (Wildman–Crippen MR) is 69.6 cm³/mol. The van der Waals surface area contributed by atoms with Crippen molar-refractivity contribution in [1.82, 2.24) is 0 Å². The van der Waals surface area contributed by atoms with Crippen LogP contribution in [0.25, 0.3) is 0 Å². The monoisotopic (exact) mass is 244 g/mol. The smallest absolute Gasteiger partial charge is 0.189 e. The number of ketones is 1. The Morgan fingerprint density at radius 1 is 1.28 bits per heavy atom. The van der Waals surface area contributed by atoms with E-state index in [0.29, 0.717) is 24.8 Å². The van der Waals surface area contributed by atoms with E-state index in [4.69, 9.17) is 0 Å². The molecule has 18 heavy (non-hydrogen) atoms. The van der Waals surface area contributed by atoms with Crippen molar-refractivity contribution in [2.45, 2.75) is 44.7 Å². The van der Waals surface area contributed by atoms with E-state index < -0.39 is 5.67 Å². The minimum atomic E-state index is -1.18. The van der Waals surface area contributed by atoms with Gasteiger partial charge in [-0.15, -0.1) is 0 Å². The average molecular weight is 244 g/mol. The van der Waals surface area contributed by atoms with Crippen LogP contribution in [0.1, 0.15) is 47.2 Å². The molecule has 0 saturated heterocycles. The van der Waals surface area contributed by atoms with E-state index in [1.807, 2.05) is 19.1 Å². The third-order valence-electron chi connectivity index (χ3n) is 3.85. The van der Waals surface area contributed by atoms with Gasteiger partial charge < -0.3 is 0 Å². The quantitative estimate of drug-likeness (QED) is 0.540. The zero-order chi connectivity index (χ0) is 12.8. The number of carbonyl (C=O) groups is 1. The zero-order valence-electron chi connectivity index (χ0n) is 10.6. The van der Waals surface area contributed by atoms with E-state index in [-0.39, 0.29) is 5.78 Å². The second-order valence-corrected chi connectivity index (χ2v) is 5.55. The van der Waals surface area contributed by atoms with Gasteiger partial charge in [-0.05, 0) is 56.2 Å². The minimum absolute atomic E-state index is 0.0337. The second kappa shape index (κ2) is 4.04. The third-order valence-corrected chi connectivity index (χ3v) is 3.85. The number of alkyl halides is 1. The van der Waals surface area contributed by atoms with Gasteiger partial charge in [0.2, 0.25) is 0 Å². The maximum Gasteiger partial charge on any atom is 0.189 e. The Morgan fingerprint density at radius 3 is 2.78 bits per heavy atom. The van der Waals surface area contributed by atoms with E-state index in [9.17, 15) is 9.18 Å². The number of carbonyl (C=O) groups excluding carboxylic acids is 1. The highest BCUT2D eigenvalue weighted by Gasteiger charge is 2.42. The van der Waals surface area contributed by atoms with Crippen molar-refractivity contribution in [2.75, 3.05) is 0 Å². The molecule has 1 fully saturated rings. The lowest BCUT2D eigenvalue weighted by Gasteiger charge is -2.07. The van der Waals surface area contributed by atoms with Gasteiger partial charge in [-0.2, -0.15) is 0 Å². The van der Waals surface area contributed by atoms with Crippen LogP contribution in [-0.2, 0) is 6.42 Å². The molecule has 94 valence electrons. The number of aryl methyl sites for hydroxylation is 2. The molecule has 0 spiro atoms. The molecular weight excluding hydrogens is 227 g/mol. The molecule has 0 atom stereocenters. The fraction of sp³-hybridized carbons (Fsp3) is 0.438. The lowest BCUT2D eigenvalue weighted by atomic mass is 9.97. The fourth-order valence-electron chi connectivity index (χ4n) is 2.62. The van der Waals surface area contributed by atoms with Gasteiger partial charge in [0, 0.05) is 5.56 Å². The Labute approximate surface area is 107 Å². The van der Waals surface area contributed by atoms with E-state index >= 15 is 0 Å². The van der Waals surface area contributed by atoms with Crippen LogP contribution < -0.4 is 0 Å². The van der Waals surface area contributed by atoms with Gasteiger partial charge in [-0.1, -0.05) is 23.8 Å². The molecule has 0 aliphatic heterocycles. The number of hydrogen-bond donors (Lipinski definition) is 0. The molecule has 2 aliphatic carbocycles. The molecule has 1 nitrogen and oxygen atoms in total. The number of hydrogen-bond acceptors (Lipinski definition) is 1. The molecule has 0 aromatic heterocycles. The summed E-state index contributed by atoms with van der Waals surface area (Å²) in [4.78, 5) is 12.4. The molecule has 0 bridgehead atoms. The number of benzene rings is 1. The first-order valence-electron chi connectivity index (χ1n) is 6.62. The maximum atomic E-state index is 13.8. The van der Waals surface area contributed by atoms with Gasteiger partial charge in [0.05, 0.1) is 0 Å². The second-order valence-electron chi connectivity index (χ2n) is 5.55. The molecule has 0 heterocycles. The van der Waals surface area contributed by atoms with Crippen LogP contribution in [0.4, 0.5) is 4.39 Å². The maximum absolute atomic E-state index is 13.8. The van der Waals surface area contributed by atoms with Gasteiger partial charge >= 0.3 is 0 Å². The Balaban J connectivity index is 2.00. The first-order chi connectivity index (χ1) is 8.57. The van der Waals surface area contributed by atoms with Crippen molar-refractivity contribution < 1.29 is 9.18 Å².